The van der Waals surface area contributed by atoms with Crippen molar-refractivity contribution in [2.24, 2.45) is 0 Å². The molecule has 3 rings (SSSR count). The van der Waals surface area contributed by atoms with Crippen LogP contribution in [0, 0.1) is 11.6 Å². The highest BCUT2D eigenvalue weighted by Crippen LogP contribution is 2.20. The summed E-state index contributed by atoms with van der Waals surface area (Å²) in [6.07, 6.45) is 4.02. The van der Waals surface area contributed by atoms with Crippen LogP contribution in [0.25, 0.3) is 11.3 Å². The normalized spacial score (nSPS) is 12.3. The number of halogens is 2. The molecule has 0 fully saturated rings. The third-order valence-corrected chi connectivity index (χ3v) is 3.64. The first kappa shape index (κ1) is 16.2. The molecule has 3 aromatic rings. The maximum atomic E-state index is 13.6. The summed E-state index contributed by atoms with van der Waals surface area (Å²) < 4.78 is 26.5. The van der Waals surface area contributed by atoms with Crippen LogP contribution in [0.15, 0.2) is 48.9 Å². The molecule has 0 radical (unpaired) electrons. The molecule has 0 aliphatic heterocycles. The number of nitrogens with one attached hydrogen (secondary N) is 2. The average Bonchev–Trinajstić information content (AvgIpc) is 3.04. The van der Waals surface area contributed by atoms with Gasteiger partial charge >= 0.3 is 0 Å². The van der Waals surface area contributed by atoms with E-state index in [1.54, 1.807) is 18.6 Å². The van der Waals surface area contributed by atoms with Crippen LogP contribution in [0.5, 0.6) is 0 Å². The van der Waals surface area contributed by atoms with E-state index in [0.29, 0.717) is 6.54 Å². The molecule has 124 valence electrons. The number of pyridine rings is 1. The molecule has 0 aliphatic carbocycles. The van der Waals surface area contributed by atoms with Gasteiger partial charge in [0.25, 0.3) is 0 Å². The highest BCUT2D eigenvalue weighted by atomic mass is 19.1. The standard InChI is InChI=1S/C17H16F2N4O/c18-13-3-4-14(15(19)6-13)16(24)10-21-8-12-9-22-23-17(12)11-2-1-5-20-7-11/h1-7,9,16,21,24H,8,10H2,(H,22,23). The molecule has 1 atom stereocenters. The Labute approximate surface area is 137 Å². The number of rotatable bonds is 6. The number of aliphatic hydroxyl groups is 1. The number of benzene rings is 1. The lowest BCUT2D eigenvalue weighted by molar-refractivity contribution is 0.169. The number of aliphatic hydroxyl groups excluding tert-OH is 1. The zero-order valence-electron chi connectivity index (χ0n) is 12.7. The van der Waals surface area contributed by atoms with Gasteiger partial charge in [-0.3, -0.25) is 10.1 Å². The van der Waals surface area contributed by atoms with E-state index in [1.165, 1.54) is 6.07 Å². The van der Waals surface area contributed by atoms with Gasteiger partial charge in [-0.25, -0.2) is 8.78 Å². The van der Waals surface area contributed by atoms with Crippen molar-refractivity contribution in [2.75, 3.05) is 6.54 Å². The first-order chi connectivity index (χ1) is 11.6. The number of nitrogens with zero attached hydrogens (tertiary/aromatic N) is 2. The van der Waals surface area contributed by atoms with Crippen molar-refractivity contribution in [3.8, 4) is 11.3 Å². The van der Waals surface area contributed by atoms with Crippen LogP contribution in [0.3, 0.4) is 0 Å². The van der Waals surface area contributed by atoms with Crippen molar-refractivity contribution in [3.63, 3.8) is 0 Å². The Hall–Kier alpha value is -2.64. The molecule has 3 N–H and O–H groups in total. The van der Waals surface area contributed by atoms with Gasteiger partial charge in [0.2, 0.25) is 0 Å². The van der Waals surface area contributed by atoms with Crippen LogP contribution in [-0.2, 0) is 6.54 Å². The van der Waals surface area contributed by atoms with Crippen LogP contribution < -0.4 is 5.32 Å². The second-order valence-corrected chi connectivity index (χ2v) is 5.32. The minimum Gasteiger partial charge on any atom is -0.387 e. The molecule has 0 aliphatic rings. The lowest BCUT2D eigenvalue weighted by Gasteiger charge is -2.13. The molecule has 1 unspecified atom stereocenters. The van der Waals surface area contributed by atoms with Crippen molar-refractivity contribution in [1.29, 1.82) is 0 Å². The first-order valence-electron chi connectivity index (χ1n) is 7.41. The number of H-pyrrole nitrogens is 1. The SMILES string of the molecule is OC(CNCc1cn[nH]c1-c1cccnc1)c1ccc(F)cc1F. The van der Waals surface area contributed by atoms with E-state index in [2.05, 4.69) is 20.5 Å². The fraction of sp³-hybridized carbons (Fsp3) is 0.176. The van der Waals surface area contributed by atoms with Gasteiger partial charge < -0.3 is 10.4 Å². The van der Waals surface area contributed by atoms with Crippen molar-refractivity contribution in [1.82, 2.24) is 20.5 Å². The zero-order valence-corrected chi connectivity index (χ0v) is 12.7. The Morgan fingerprint density at radius 3 is 2.83 bits per heavy atom. The molecule has 7 heteroatoms. The Morgan fingerprint density at radius 1 is 1.21 bits per heavy atom. The van der Waals surface area contributed by atoms with Gasteiger partial charge in [-0.15, -0.1) is 0 Å². The van der Waals surface area contributed by atoms with Crippen LogP contribution in [0.1, 0.15) is 17.2 Å². The summed E-state index contributed by atoms with van der Waals surface area (Å²) in [4.78, 5) is 4.07. The van der Waals surface area contributed by atoms with Gasteiger partial charge in [0.15, 0.2) is 0 Å². The van der Waals surface area contributed by atoms with Gasteiger partial charge in [-0.2, -0.15) is 5.10 Å². The average molecular weight is 330 g/mol. The Kier molecular flexibility index (Phi) is 4.93. The third kappa shape index (κ3) is 3.64. The summed E-state index contributed by atoms with van der Waals surface area (Å²) in [5, 5.41) is 20.0. The molecule has 0 amide bonds. The molecule has 0 spiro atoms. The predicted octanol–water partition coefficient (Wildman–Crippen LogP) is 2.57. The lowest BCUT2D eigenvalue weighted by atomic mass is 10.1. The fourth-order valence-corrected chi connectivity index (χ4v) is 2.43. The minimum atomic E-state index is -1.07. The molecule has 2 heterocycles. The van der Waals surface area contributed by atoms with E-state index >= 15 is 0 Å². The molecule has 0 saturated heterocycles. The van der Waals surface area contributed by atoms with E-state index in [0.717, 1.165) is 29.0 Å². The van der Waals surface area contributed by atoms with Gasteiger partial charge in [0, 0.05) is 48.2 Å². The van der Waals surface area contributed by atoms with E-state index in [9.17, 15) is 13.9 Å². The summed E-state index contributed by atoms with van der Waals surface area (Å²) in [5.74, 6) is -1.43. The maximum absolute atomic E-state index is 13.6. The van der Waals surface area contributed by atoms with Crippen LogP contribution in [-0.4, -0.2) is 26.8 Å². The van der Waals surface area contributed by atoms with Crippen LogP contribution in [0.2, 0.25) is 0 Å². The van der Waals surface area contributed by atoms with E-state index in [-0.39, 0.29) is 12.1 Å². The van der Waals surface area contributed by atoms with Gasteiger partial charge in [0.1, 0.15) is 11.6 Å². The summed E-state index contributed by atoms with van der Waals surface area (Å²) >= 11 is 0. The Balaban J connectivity index is 1.62. The second kappa shape index (κ2) is 7.29. The van der Waals surface area contributed by atoms with Gasteiger partial charge in [-0.05, 0) is 18.2 Å². The zero-order chi connectivity index (χ0) is 16.9. The molecule has 24 heavy (non-hydrogen) atoms. The summed E-state index contributed by atoms with van der Waals surface area (Å²) in [7, 11) is 0. The van der Waals surface area contributed by atoms with E-state index in [4.69, 9.17) is 0 Å². The number of hydrogen-bond donors (Lipinski definition) is 3. The van der Waals surface area contributed by atoms with Crippen molar-refractivity contribution < 1.29 is 13.9 Å². The second-order valence-electron chi connectivity index (χ2n) is 5.32. The number of aromatic amines is 1. The lowest BCUT2D eigenvalue weighted by Crippen LogP contribution is -2.21. The topological polar surface area (TPSA) is 73.8 Å². The van der Waals surface area contributed by atoms with Crippen molar-refractivity contribution in [2.45, 2.75) is 12.6 Å². The molecular formula is C17H16F2N4O. The Morgan fingerprint density at radius 2 is 2.08 bits per heavy atom. The molecule has 5 nitrogen and oxygen atoms in total. The van der Waals surface area contributed by atoms with E-state index in [1.807, 2.05) is 12.1 Å². The monoisotopic (exact) mass is 330 g/mol. The first-order valence-corrected chi connectivity index (χ1v) is 7.41. The molecule has 1 aromatic carbocycles. The van der Waals surface area contributed by atoms with E-state index < -0.39 is 17.7 Å². The van der Waals surface area contributed by atoms with Gasteiger partial charge in [-0.1, -0.05) is 6.07 Å². The molecular weight excluding hydrogens is 314 g/mol. The van der Waals surface area contributed by atoms with Crippen LogP contribution >= 0.6 is 0 Å². The van der Waals surface area contributed by atoms with Crippen LogP contribution in [0.4, 0.5) is 8.78 Å². The van der Waals surface area contributed by atoms with Gasteiger partial charge in [0.05, 0.1) is 18.0 Å². The number of aromatic nitrogens is 3. The largest absolute Gasteiger partial charge is 0.387 e. The minimum absolute atomic E-state index is 0.0589. The summed E-state index contributed by atoms with van der Waals surface area (Å²) in [5.41, 5.74) is 2.69. The predicted molar refractivity (Wildman–Crippen MR) is 84.8 cm³/mol. The number of hydrogen-bond acceptors (Lipinski definition) is 4. The fourth-order valence-electron chi connectivity index (χ4n) is 2.43. The van der Waals surface area contributed by atoms with Crippen molar-refractivity contribution >= 4 is 0 Å². The highest BCUT2D eigenvalue weighted by Gasteiger charge is 2.14. The summed E-state index contributed by atoms with van der Waals surface area (Å²) in [6, 6.07) is 6.87. The smallest absolute Gasteiger partial charge is 0.131 e. The highest BCUT2D eigenvalue weighted by molar-refractivity contribution is 5.61. The molecule has 2 aromatic heterocycles. The molecule has 0 saturated carbocycles. The summed E-state index contributed by atoms with van der Waals surface area (Å²) in [6.45, 7) is 0.556. The van der Waals surface area contributed by atoms with Crippen molar-refractivity contribution in [3.05, 3.63) is 71.7 Å². The quantitative estimate of drug-likeness (QED) is 0.649. The Bertz CT molecular complexity index is 807. The molecule has 0 bridgehead atoms. The third-order valence-electron chi connectivity index (χ3n) is 3.64. The maximum Gasteiger partial charge on any atom is 0.131 e.